The monoisotopic (exact) mass is 325 g/mol. The van der Waals surface area contributed by atoms with Crippen molar-refractivity contribution in [3.05, 3.63) is 31.2 Å². The largest absolute Gasteiger partial charge is 0.0882 e. The van der Waals surface area contributed by atoms with E-state index in [1.807, 2.05) is 0 Å². The van der Waals surface area contributed by atoms with Crippen LogP contribution in [0.2, 0.25) is 0 Å². The Morgan fingerprint density at radius 1 is 0.750 bits per heavy atom. The zero-order valence-electron chi connectivity index (χ0n) is 15.8. The Labute approximate surface area is 150 Å². The molecule has 0 heterocycles. The van der Waals surface area contributed by atoms with Gasteiger partial charge in [0, 0.05) is 0 Å². The summed E-state index contributed by atoms with van der Waals surface area (Å²) in [4.78, 5) is 0. The molecule has 24 heavy (non-hydrogen) atoms. The molecule has 0 nitrogen and oxygen atoms in total. The second kappa shape index (κ2) is 7.00. The van der Waals surface area contributed by atoms with E-state index < -0.39 is 0 Å². The molecule has 0 heteroatoms. The smallest absolute Gasteiger partial charge is 0.0264 e. The van der Waals surface area contributed by atoms with Crippen molar-refractivity contribution < 1.29 is 0 Å². The van der Waals surface area contributed by atoms with Crippen LogP contribution in [-0.2, 0) is 0 Å². The average Bonchev–Trinajstić information content (AvgIpc) is 2.66. The molecule has 0 aromatic rings. The summed E-state index contributed by atoms with van der Waals surface area (Å²) in [6, 6.07) is 0. The molecule has 6 atom stereocenters. The highest BCUT2D eigenvalue weighted by atomic mass is 14.5. The molecule has 4 rings (SSSR count). The van der Waals surface area contributed by atoms with Gasteiger partial charge in [-0.3, -0.25) is 0 Å². The van der Waals surface area contributed by atoms with Crippen molar-refractivity contribution in [1.29, 1.82) is 0 Å². The SMILES string of the molecule is [CH2]CC(C)(C1CCCC2CC=CCC21)C1CCCC2CC=CCC21. The van der Waals surface area contributed by atoms with Gasteiger partial charge in [0.1, 0.15) is 0 Å². The Balaban J connectivity index is 1.62. The van der Waals surface area contributed by atoms with Crippen LogP contribution in [-0.4, -0.2) is 0 Å². The van der Waals surface area contributed by atoms with Crippen LogP contribution in [0.5, 0.6) is 0 Å². The summed E-state index contributed by atoms with van der Waals surface area (Å²) in [5.41, 5.74) is 0.475. The highest BCUT2D eigenvalue weighted by Gasteiger charge is 2.50. The summed E-state index contributed by atoms with van der Waals surface area (Å²) in [5.74, 6) is 5.71. The molecule has 2 fully saturated rings. The van der Waals surface area contributed by atoms with Crippen LogP contribution in [0.15, 0.2) is 24.3 Å². The van der Waals surface area contributed by atoms with E-state index in [1.165, 1.54) is 64.2 Å². The molecular weight excluding hydrogens is 288 g/mol. The van der Waals surface area contributed by atoms with Gasteiger partial charge in [0.05, 0.1) is 0 Å². The Hall–Kier alpha value is -0.520. The summed E-state index contributed by atoms with van der Waals surface area (Å²) < 4.78 is 0. The lowest BCUT2D eigenvalue weighted by molar-refractivity contribution is -0.0540. The van der Waals surface area contributed by atoms with Gasteiger partial charge in [-0.1, -0.05) is 51.0 Å². The minimum atomic E-state index is 0.475. The molecule has 0 amide bonds. The van der Waals surface area contributed by atoms with Crippen LogP contribution in [0.3, 0.4) is 0 Å². The third kappa shape index (κ3) is 2.82. The second-order valence-corrected chi connectivity index (χ2v) is 9.56. The lowest BCUT2D eigenvalue weighted by Crippen LogP contribution is -2.48. The van der Waals surface area contributed by atoms with Crippen LogP contribution in [0.1, 0.15) is 77.6 Å². The molecule has 133 valence electrons. The molecule has 0 bridgehead atoms. The third-order valence-electron chi connectivity index (χ3n) is 8.69. The summed E-state index contributed by atoms with van der Waals surface area (Å²) in [5, 5.41) is 0. The van der Waals surface area contributed by atoms with E-state index in [0.717, 1.165) is 41.9 Å². The number of allylic oxidation sites excluding steroid dienone is 4. The molecule has 1 radical (unpaired) electrons. The van der Waals surface area contributed by atoms with Crippen LogP contribution in [0.4, 0.5) is 0 Å². The topological polar surface area (TPSA) is 0 Å². The predicted molar refractivity (Wildman–Crippen MR) is 103 cm³/mol. The number of hydrogen-bond acceptors (Lipinski definition) is 0. The van der Waals surface area contributed by atoms with E-state index in [1.54, 1.807) is 0 Å². The molecule has 4 aliphatic rings. The zero-order valence-corrected chi connectivity index (χ0v) is 15.8. The quantitative estimate of drug-likeness (QED) is 0.491. The van der Waals surface area contributed by atoms with Gasteiger partial charge in [0.15, 0.2) is 0 Å². The predicted octanol–water partition coefficient (Wildman–Crippen LogP) is 6.98. The maximum Gasteiger partial charge on any atom is -0.0264 e. The van der Waals surface area contributed by atoms with Crippen LogP contribution >= 0.6 is 0 Å². The lowest BCUT2D eigenvalue weighted by Gasteiger charge is -2.56. The first kappa shape index (κ1) is 16.9. The molecule has 2 saturated carbocycles. The minimum absolute atomic E-state index is 0.475. The summed E-state index contributed by atoms with van der Waals surface area (Å²) in [7, 11) is 0. The van der Waals surface area contributed by atoms with Gasteiger partial charge >= 0.3 is 0 Å². The Kier molecular flexibility index (Phi) is 4.94. The summed E-state index contributed by atoms with van der Waals surface area (Å²) in [6.45, 7) is 7.21. The molecule has 0 aliphatic heterocycles. The van der Waals surface area contributed by atoms with Gasteiger partial charge in [0.25, 0.3) is 0 Å². The van der Waals surface area contributed by atoms with Crippen LogP contribution < -0.4 is 0 Å². The van der Waals surface area contributed by atoms with Crippen molar-refractivity contribution in [2.45, 2.75) is 77.6 Å². The zero-order chi connectivity index (χ0) is 16.6. The fraction of sp³-hybridized carbons (Fsp3) is 0.792. The minimum Gasteiger partial charge on any atom is -0.0882 e. The first-order valence-corrected chi connectivity index (χ1v) is 10.8. The molecule has 0 N–H and O–H groups in total. The number of hydrogen-bond donors (Lipinski definition) is 0. The van der Waals surface area contributed by atoms with Crippen LogP contribution in [0, 0.1) is 47.8 Å². The molecule has 0 spiro atoms. The van der Waals surface area contributed by atoms with E-state index >= 15 is 0 Å². The fourth-order valence-corrected chi connectivity index (χ4v) is 7.34. The summed E-state index contributed by atoms with van der Waals surface area (Å²) >= 11 is 0. The van der Waals surface area contributed by atoms with E-state index in [-0.39, 0.29) is 0 Å². The van der Waals surface area contributed by atoms with Gasteiger partial charge < -0.3 is 0 Å². The van der Waals surface area contributed by atoms with E-state index in [4.69, 9.17) is 0 Å². The Morgan fingerprint density at radius 3 is 1.67 bits per heavy atom. The molecule has 6 unspecified atom stereocenters. The highest BCUT2D eigenvalue weighted by molar-refractivity contribution is 5.07. The highest BCUT2D eigenvalue weighted by Crippen LogP contribution is 2.58. The molecule has 0 aromatic heterocycles. The Bertz CT molecular complexity index is 444. The van der Waals surface area contributed by atoms with Crippen molar-refractivity contribution >= 4 is 0 Å². The maximum atomic E-state index is 4.55. The normalized spacial score (nSPS) is 44.4. The molecule has 0 aromatic carbocycles. The van der Waals surface area contributed by atoms with Gasteiger partial charge in [-0.2, -0.15) is 0 Å². The van der Waals surface area contributed by atoms with Crippen molar-refractivity contribution in [3.8, 4) is 0 Å². The van der Waals surface area contributed by atoms with E-state index in [0.29, 0.717) is 5.41 Å². The molecule has 0 saturated heterocycles. The Morgan fingerprint density at radius 2 is 1.21 bits per heavy atom. The first-order chi connectivity index (χ1) is 11.7. The second-order valence-electron chi connectivity index (χ2n) is 9.56. The first-order valence-electron chi connectivity index (χ1n) is 10.8. The van der Waals surface area contributed by atoms with Crippen molar-refractivity contribution in [3.63, 3.8) is 0 Å². The van der Waals surface area contributed by atoms with Crippen molar-refractivity contribution in [2.24, 2.45) is 40.9 Å². The van der Waals surface area contributed by atoms with Gasteiger partial charge in [-0.25, -0.2) is 0 Å². The number of fused-ring (bicyclic) bond motifs is 2. The molecule has 4 aliphatic carbocycles. The van der Waals surface area contributed by atoms with Gasteiger partial charge in [-0.05, 0) is 98.7 Å². The van der Waals surface area contributed by atoms with Crippen molar-refractivity contribution in [2.75, 3.05) is 0 Å². The maximum absolute atomic E-state index is 4.55. The molecular formula is C24H37. The standard InChI is InChI=1S/C24H37/c1-3-24(2,22-16-8-12-18-10-4-6-14-20(18)22)23-17-9-13-19-11-5-7-15-21(19)23/h4-7,18-23H,1,3,8-17H2,2H3. The van der Waals surface area contributed by atoms with E-state index in [9.17, 15) is 0 Å². The van der Waals surface area contributed by atoms with Gasteiger partial charge in [-0.15, -0.1) is 0 Å². The van der Waals surface area contributed by atoms with Crippen molar-refractivity contribution in [1.82, 2.24) is 0 Å². The van der Waals surface area contributed by atoms with Gasteiger partial charge in [0.2, 0.25) is 0 Å². The third-order valence-corrected chi connectivity index (χ3v) is 8.69. The fourth-order valence-electron chi connectivity index (χ4n) is 7.34. The lowest BCUT2D eigenvalue weighted by atomic mass is 9.49. The summed E-state index contributed by atoms with van der Waals surface area (Å²) in [6.07, 6.45) is 25.4. The average molecular weight is 326 g/mol. The number of rotatable bonds is 3. The van der Waals surface area contributed by atoms with E-state index in [2.05, 4.69) is 38.2 Å². The van der Waals surface area contributed by atoms with Crippen LogP contribution in [0.25, 0.3) is 0 Å².